The van der Waals surface area contributed by atoms with Gasteiger partial charge in [-0.25, -0.2) is 12.7 Å². The highest BCUT2D eigenvalue weighted by Gasteiger charge is 2.32. The molecular formula is C16H21ClN2O3S. The number of benzene rings is 1. The molecule has 1 amide bonds. The monoisotopic (exact) mass is 356 g/mol. The predicted octanol–water partition coefficient (Wildman–Crippen LogP) is 2.18. The molecule has 1 aromatic carbocycles. The van der Waals surface area contributed by atoms with Gasteiger partial charge in [0.05, 0.1) is 11.7 Å². The molecule has 0 aliphatic carbocycles. The molecule has 7 heteroatoms. The van der Waals surface area contributed by atoms with Crippen LogP contribution in [-0.4, -0.2) is 38.3 Å². The second-order valence-electron chi connectivity index (χ2n) is 5.62. The van der Waals surface area contributed by atoms with Gasteiger partial charge in [0.2, 0.25) is 15.9 Å². The molecule has 1 saturated heterocycles. The van der Waals surface area contributed by atoms with Crippen molar-refractivity contribution in [3.8, 4) is 0 Å². The Morgan fingerprint density at radius 1 is 1.48 bits per heavy atom. The van der Waals surface area contributed by atoms with Crippen molar-refractivity contribution in [3.63, 3.8) is 0 Å². The van der Waals surface area contributed by atoms with Crippen LogP contribution >= 0.6 is 11.6 Å². The lowest BCUT2D eigenvalue weighted by Gasteiger charge is -2.31. The first-order valence-corrected chi connectivity index (χ1v) is 9.52. The average molecular weight is 357 g/mol. The maximum absolute atomic E-state index is 12.6. The summed E-state index contributed by atoms with van der Waals surface area (Å²) < 4.78 is 26.6. The van der Waals surface area contributed by atoms with Gasteiger partial charge in [0.15, 0.2) is 0 Å². The molecule has 2 rings (SSSR count). The van der Waals surface area contributed by atoms with Crippen LogP contribution in [0.15, 0.2) is 36.9 Å². The summed E-state index contributed by atoms with van der Waals surface area (Å²) in [4.78, 5) is 12.0. The van der Waals surface area contributed by atoms with E-state index in [2.05, 4.69) is 11.9 Å². The van der Waals surface area contributed by atoms with Gasteiger partial charge < -0.3 is 5.32 Å². The Hall–Kier alpha value is -1.37. The number of amides is 1. The van der Waals surface area contributed by atoms with E-state index in [1.807, 2.05) is 0 Å². The van der Waals surface area contributed by atoms with E-state index in [0.29, 0.717) is 36.5 Å². The summed E-state index contributed by atoms with van der Waals surface area (Å²) >= 11 is 5.90. The number of sulfonamides is 1. The summed E-state index contributed by atoms with van der Waals surface area (Å²) in [5, 5.41) is 3.25. The predicted molar refractivity (Wildman–Crippen MR) is 91.6 cm³/mol. The molecule has 1 atom stereocenters. The Bertz CT molecular complexity index is 676. The van der Waals surface area contributed by atoms with E-state index in [4.69, 9.17) is 11.6 Å². The van der Waals surface area contributed by atoms with Gasteiger partial charge in [0.25, 0.3) is 0 Å². The van der Waals surface area contributed by atoms with Crippen molar-refractivity contribution in [2.75, 3.05) is 19.6 Å². The molecule has 1 aromatic rings. The first-order chi connectivity index (χ1) is 10.9. The van der Waals surface area contributed by atoms with Gasteiger partial charge >= 0.3 is 0 Å². The molecular weight excluding hydrogens is 336 g/mol. The first kappa shape index (κ1) is 18.0. The van der Waals surface area contributed by atoms with Crippen molar-refractivity contribution in [3.05, 3.63) is 47.5 Å². The third-order valence-corrected chi connectivity index (χ3v) is 5.86. The fraction of sp³-hybridized carbons (Fsp3) is 0.438. The Labute approximate surface area is 142 Å². The van der Waals surface area contributed by atoms with Crippen LogP contribution in [0.25, 0.3) is 0 Å². The molecule has 0 radical (unpaired) electrons. The van der Waals surface area contributed by atoms with Gasteiger partial charge in [0, 0.05) is 24.7 Å². The molecule has 5 nitrogen and oxygen atoms in total. The number of piperidine rings is 1. The van der Waals surface area contributed by atoms with E-state index < -0.39 is 10.0 Å². The van der Waals surface area contributed by atoms with Gasteiger partial charge in [-0.15, -0.1) is 6.58 Å². The first-order valence-electron chi connectivity index (χ1n) is 7.53. The van der Waals surface area contributed by atoms with Crippen molar-refractivity contribution in [1.29, 1.82) is 0 Å². The molecule has 1 aliphatic rings. The minimum absolute atomic E-state index is 0.103. The fourth-order valence-electron chi connectivity index (χ4n) is 2.65. The molecule has 1 aliphatic heterocycles. The van der Waals surface area contributed by atoms with Crippen LogP contribution in [0.4, 0.5) is 0 Å². The molecule has 0 saturated carbocycles. The average Bonchev–Trinajstić information content (AvgIpc) is 2.52. The number of carbonyl (C=O) groups excluding carboxylic acids is 1. The maximum atomic E-state index is 12.6. The second-order valence-corrected chi connectivity index (χ2v) is 8.02. The lowest BCUT2D eigenvalue weighted by Crippen LogP contribution is -2.45. The maximum Gasteiger partial charge on any atom is 0.224 e. The van der Waals surface area contributed by atoms with E-state index in [9.17, 15) is 13.2 Å². The SMILES string of the molecule is C=CCNC(=O)[C@@H]1CCCN(S(=O)(=O)Cc2cccc(Cl)c2)C1. The molecule has 1 fully saturated rings. The van der Waals surface area contributed by atoms with Crippen molar-refractivity contribution in [2.45, 2.75) is 18.6 Å². The van der Waals surface area contributed by atoms with E-state index in [1.165, 1.54) is 4.31 Å². The molecule has 0 bridgehead atoms. The Morgan fingerprint density at radius 2 is 2.26 bits per heavy atom. The minimum Gasteiger partial charge on any atom is -0.352 e. The number of nitrogens with zero attached hydrogens (tertiary/aromatic N) is 1. The van der Waals surface area contributed by atoms with Crippen LogP contribution in [0.3, 0.4) is 0 Å². The van der Waals surface area contributed by atoms with Crippen LogP contribution in [0, 0.1) is 5.92 Å². The molecule has 1 heterocycles. The molecule has 0 unspecified atom stereocenters. The summed E-state index contributed by atoms with van der Waals surface area (Å²) in [6, 6.07) is 6.83. The van der Waals surface area contributed by atoms with Gasteiger partial charge in [0.1, 0.15) is 0 Å². The molecule has 126 valence electrons. The number of hydrogen-bond acceptors (Lipinski definition) is 3. The van der Waals surface area contributed by atoms with Gasteiger partial charge in [-0.1, -0.05) is 29.8 Å². The minimum atomic E-state index is -3.47. The van der Waals surface area contributed by atoms with Gasteiger partial charge in [-0.3, -0.25) is 4.79 Å². The zero-order valence-electron chi connectivity index (χ0n) is 12.9. The van der Waals surface area contributed by atoms with E-state index in [1.54, 1.807) is 30.3 Å². The Balaban J connectivity index is 2.04. The number of hydrogen-bond donors (Lipinski definition) is 1. The third kappa shape index (κ3) is 5.06. The summed E-state index contributed by atoms with van der Waals surface area (Å²) in [5.74, 6) is -0.528. The van der Waals surface area contributed by atoms with Crippen LogP contribution in [-0.2, 0) is 20.6 Å². The summed E-state index contributed by atoms with van der Waals surface area (Å²) in [6.45, 7) is 4.63. The van der Waals surface area contributed by atoms with Crippen molar-refractivity contribution < 1.29 is 13.2 Å². The number of nitrogens with one attached hydrogen (secondary N) is 1. The highest BCUT2D eigenvalue weighted by atomic mass is 35.5. The van der Waals surface area contributed by atoms with E-state index >= 15 is 0 Å². The Kier molecular flexibility index (Phi) is 6.21. The summed E-state index contributed by atoms with van der Waals surface area (Å²) in [6.07, 6.45) is 2.99. The largest absolute Gasteiger partial charge is 0.352 e. The van der Waals surface area contributed by atoms with Gasteiger partial charge in [-0.05, 0) is 30.5 Å². The highest BCUT2D eigenvalue weighted by molar-refractivity contribution is 7.88. The lowest BCUT2D eigenvalue weighted by molar-refractivity contribution is -0.125. The van der Waals surface area contributed by atoms with E-state index in [0.717, 1.165) is 0 Å². The zero-order valence-corrected chi connectivity index (χ0v) is 14.4. The fourth-order valence-corrected chi connectivity index (χ4v) is 4.47. The standard InChI is InChI=1S/C16H21ClN2O3S/c1-2-8-18-16(20)14-6-4-9-19(11-14)23(21,22)12-13-5-3-7-15(17)10-13/h2-3,5,7,10,14H,1,4,6,8-9,11-12H2,(H,18,20)/t14-/m1/s1. The van der Waals surface area contributed by atoms with Crippen molar-refractivity contribution in [2.24, 2.45) is 5.92 Å². The molecule has 23 heavy (non-hydrogen) atoms. The normalized spacial score (nSPS) is 19.3. The van der Waals surface area contributed by atoms with Crippen LogP contribution < -0.4 is 5.32 Å². The zero-order chi connectivity index (χ0) is 16.9. The summed E-state index contributed by atoms with van der Waals surface area (Å²) in [5.41, 5.74) is 0.649. The number of halogens is 1. The topological polar surface area (TPSA) is 66.5 Å². The smallest absolute Gasteiger partial charge is 0.224 e. The second kappa shape index (κ2) is 7.95. The third-order valence-electron chi connectivity index (χ3n) is 3.81. The van der Waals surface area contributed by atoms with E-state index in [-0.39, 0.29) is 24.1 Å². The number of rotatable bonds is 6. The van der Waals surface area contributed by atoms with Crippen LogP contribution in [0.5, 0.6) is 0 Å². The van der Waals surface area contributed by atoms with Gasteiger partial charge in [-0.2, -0.15) is 0 Å². The molecule has 0 aromatic heterocycles. The van der Waals surface area contributed by atoms with Crippen LogP contribution in [0.2, 0.25) is 5.02 Å². The Morgan fingerprint density at radius 3 is 2.96 bits per heavy atom. The molecule has 1 N–H and O–H groups in total. The van der Waals surface area contributed by atoms with Crippen molar-refractivity contribution in [1.82, 2.24) is 9.62 Å². The number of carbonyl (C=O) groups is 1. The van der Waals surface area contributed by atoms with Crippen molar-refractivity contribution >= 4 is 27.5 Å². The summed E-state index contributed by atoms with van der Waals surface area (Å²) in [7, 11) is -3.47. The quantitative estimate of drug-likeness (QED) is 0.794. The highest BCUT2D eigenvalue weighted by Crippen LogP contribution is 2.22. The lowest BCUT2D eigenvalue weighted by atomic mass is 9.99. The molecule has 0 spiro atoms. The van der Waals surface area contributed by atoms with Crippen LogP contribution in [0.1, 0.15) is 18.4 Å².